The van der Waals surface area contributed by atoms with Gasteiger partial charge in [-0.3, -0.25) is 0 Å². The first-order valence-electron chi connectivity index (χ1n) is 6.58. The van der Waals surface area contributed by atoms with Crippen LogP contribution in [0.15, 0.2) is 23.1 Å². The Morgan fingerprint density at radius 2 is 1.95 bits per heavy atom. The van der Waals surface area contributed by atoms with Crippen LogP contribution in [0.1, 0.15) is 19.8 Å². The lowest BCUT2D eigenvalue weighted by Crippen LogP contribution is -2.42. The molecule has 1 atom stereocenters. The van der Waals surface area contributed by atoms with Gasteiger partial charge in [0.1, 0.15) is 16.5 Å². The second-order valence-corrected chi connectivity index (χ2v) is 6.75. The zero-order chi connectivity index (χ0) is 14.8. The van der Waals surface area contributed by atoms with Gasteiger partial charge in [0.2, 0.25) is 10.0 Å². The predicted octanol–water partition coefficient (Wildman–Crippen LogP) is 1.63. The first kappa shape index (κ1) is 15.3. The molecule has 1 unspecified atom stereocenters. The summed E-state index contributed by atoms with van der Waals surface area (Å²) in [5, 5.41) is 3.20. The number of benzene rings is 1. The second kappa shape index (κ2) is 6.15. The van der Waals surface area contributed by atoms with Crippen LogP contribution in [-0.2, 0) is 10.0 Å². The normalized spacial score (nSPS) is 18.9. The van der Waals surface area contributed by atoms with Gasteiger partial charge in [-0.1, -0.05) is 0 Å². The molecule has 2 rings (SSSR count). The molecule has 0 aromatic heterocycles. The van der Waals surface area contributed by atoms with E-state index in [1.54, 1.807) is 6.92 Å². The van der Waals surface area contributed by atoms with Gasteiger partial charge in [0.15, 0.2) is 0 Å². The minimum Gasteiger partial charge on any atom is -0.317 e. The van der Waals surface area contributed by atoms with Crippen molar-refractivity contribution in [2.45, 2.75) is 30.7 Å². The average Bonchev–Trinajstić information content (AvgIpc) is 2.38. The summed E-state index contributed by atoms with van der Waals surface area (Å²) in [7, 11) is -3.97. The molecule has 112 valence electrons. The van der Waals surface area contributed by atoms with E-state index in [-0.39, 0.29) is 12.0 Å². The summed E-state index contributed by atoms with van der Waals surface area (Å²) in [6.45, 7) is 3.47. The Hall–Kier alpha value is -1.05. The minimum absolute atomic E-state index is 0.217. The first-order chi connectivity index (χ1) is 9.40. The van der Waals surface area contributed by atoms with Crippen LogP contribution >= 0.6 is 0 Å². The number of rotatable bonds is 4. The summed E-state index contributed by atoms with van der Waals surface area (Å²) in [6, 6.07) is 2.17. The molecule has 1 saturated heterocycles. The van der Waals surface area contributed by atoms with E-state index in [4.69, 9.17) is 0 Å². The van der Waals surface area contributed by atoms with Gasteiger partial charge in [0.05, 0.1) is 0 Å². The lowest BCUT2D eigenvalue weighted by atomic mass is 9.92. The minimum atomic E-state index is -3.97. The number of piperidine rings is 1. The molecule has 20 heavy (non-hydrogen) atoms. The fourth-order valence-electron chi connectivity index (χ4n) is 2.44. The molecule has 4 nitrogen and oxygen atoms in total. The third-order valence-electron chi connectivity index (χ3n) is 3.62. The number of halogens is 2. The molecule has 0 aliphatic carbocycles. The van der Waals surface area contributed by atoms with Crippen molar-refractivity contribution < 1.29 is 17.2 Å². The van der Waals surface area contributed by atoms with E-state index in [0.717, 1.165) is 38.1 Å². The lowest BCUT2D eigenvalue weighted by molar-refractivity contribution is 0.316. The number of nitrogens with one attached hydrogen (secondary N) is 2. The molecule has 1 aromatic rings. The Morgan fingerprint density at radius 1 is 1.30 bits per heavy atom. The maximum Gasteiger partial charge on any atom is 0.243 e. The number of hydrogen-bond acceptors (Lipinski definition) is 3. The molecule has 1 aliphatic rings. The van der Waals surface area contributed by atoms with E-state index in [2.05, 4.69) is 10.0 Å². The fraction of sp³-hybridized carbons (Fsp3) is 0.538. The average molecular weight is 304 g/mol. The highest BCUT2D eigenvalue weighted by molar-refractivity contribution is 7.89. The zero-order valence-corrected chi connectivity index (χ0v) is 12.0. The highest BCUT2D eigenvalue weighted by Gasteiger charge is 2.26. The molecule has 2 N–H and O–H groups in total. The lowest BCUT2D eigenvalue weighted by Gasteiger charge is -2.28. The van der Waals surface area contributed by atoms with E-state index in [1.165, 1.54) is 0 Å². The maximum absolute atomic E-state index is 13.6. The predicted molar refractivity (Wildman–Crippen MR) is 71.7 cm³/mol. The van der Waals surface area contributed by atoms with Gasteiger partial charge >= 0.3 is 0 Å². The Morgan fingerprint density at radius 3 is 2.55 bits per heavy atom. The Labute approximate surface area is 117 Å². The van der Waals surface area contributed by atoms with Crippen molar-refractivity contribution in [2.24, 2.45) is 5.92 Å². The van der Waals surface area contributed by atoms with E-state index >= 15 is 0 Å². The van der Waals surface area contributed by atoms with Crippen LogP contribution in [0.25, 0.3) is 0 Å². The van der Waals surface area contributed by atoms with Crippen molar-refractivity contribution in [3.05, 3.63) is 29.8 Å². The van der Waals surface area contributed by atoms with Crippen molar-refractivity contribution in [2.75, 3.05) is 13.1 Å². The standard InChI is InChI=1S/C13H18F2N2O2S/c1-9(10-4-6-16-7-5-10)17-20(18,19)13-3-2-11(14)8-12(13)15/h2-3,8-10,16-17H,4-7H2,1H3. The van der Waals surface area contributed by atoms with Crippen molar-refractivity contribution in [3.63, 3.8) is 0 Å². The Bertz CT molecular complexity index is 572. The van der Waals surface area contributed by atoms with Crippen LogP contribution in [0.5, 0.6) is 0 Å². The quantitative estimate of drug-likeness (QED) is 0.889. The third kappa shape index (κ3) is 3.53. The summed E-state index contributed by atoms with van der Waals surface area (Å²) >= 11 is 0. The Kier molecular flexibility index (Phi) is 4.72. The van der Waals surface area contributed by atoms with Crippen molar-refractivity contribution in [1.82, 2.24) is 10.0 Å². The molecule has 1 fully saturated rings. The SMILES string of the molecule is CC(NS(=O)(=O)c1ccc(F)cc1F)C1CCNCC1. The molecule has 1 heterocycles. The number of sulfonamides is 1. The molecule has 7 heteroatoms. The second-order valence-electron chi connectivity index (χ2n) is 5.07. The molecular weight excluding hydrogens is 286 g/mol. The summed E-state index contributed by atoms with van der Waals surface area (Å²) in [5.74, 6) is -1.66. The van der Waals surface area contributed by atoms with Crippen LogP contribution in [0, 0.1) is 17.6 Å². The smallest absolute Gasteiger partial charge is 0.243 e. The summed E-state index contributed by atoms with van der Waals surface area (Å²) in [4.78, 5) is -0.514. The maximum atomic E-state index is 13.6. The van der Waals surface area contributed by atoms with Crippen LogP contribution < -0.4 is 10.0 Å². The topological polar surface area (TPSA) is 58.2 Å². The monoisotopic (exact) mass is 304 g/mol. The van der Waals surface area contributed by atoms with Gasteiger partial charge in [0, 0.05) is 12.1 Å². The van der Waals surface area contributed by atoms with Crippen LogP contribution in [-0.4, -0.2) is 27.5 Å². The zero-order valence-electron chi connectivity index (χ0n) is 11.2. The van der Waals surface area contributed by atoms with Gasteiger partial charge in [-0.15, -0.1) is 0 Å². The van der Waals surface area contributed by atoms with Crippen molar-refractivity contribution in [1.29, 1.82) is 0 Å². The number of hydrogen-bond donors (Lipinski definition) is 2. The van der Waals surface area contributed by atoms with Crippen LogP contribution in [0.4, 0.5) is 8.78 Å². The van der Waals surface area contributed by atoms with Gasteiger partial charge in [-0.2, -0.15) is 0 Å². The van der Waals surface area contributed by atoms with E-state index in [9.17, 15) is 17.2 Å². The summed E-state index contributed by atoms with van der Waals surface area (Å²) in [6.07, 6.45) is 1.74. The van der Waals surface area contributed by atoms with E-state index in [0.29, 0.717) is 6.07 Å². The molecule has 1 aliphatic heterocycles. The highest BCUT2D eigenvalue weighted by atomic mass is 32.2. The third-order valence-corrected chi connectivity index (χ3v) is 5.21. The summed E-state index contributed by atoms with van der Waals surface area (Å²) < 4.78 is 53.1. The van der Waals surface area contributed by atoms with E-state index < -0.39 is 26.6 Å². The highest BCUT2D eigenvalue weighted by Crippen LogP contribution is 2.20. The van der Waals surface area contributed by atoms with Crippen molar-refractivity contribution >= 4 is 10.0 Å². The van der Waals surface area contributed by atoms with Crippen molar-refractivity contribution in [3.8, 4) is 0 Å². The van der Waals surface area contributed by atoms with Gasteiger partial charge < -0.3 is 5.32 Å². The first-order valence-corrected chi connectivity index (χ1v) is 8.06. The van der Waals surface area contributed by atoms with Crippen LogP contribution in [0.2, 0.25) is 0 Å². The van der Waals surface area contributed by atoms with E-state index in [1.807, 2.05) is 0 Å². The van der Waals surface area contributed by atoms with Crippen LogP contribution in [0.3, 0.4) is 0 Å². The largest absolute Gasteiger partial charge is 0.317 e. The molecular formula is C13H18F2N2O2S. The van der Waals surface area contributed by atoms with Gasteiger partial charge in [0.25, 0.3) is 0 Å². The van der Waals surface area contributed by atoms with Gasteiger partial charge in [-0.05, 0) is 50.9 Å². The van der Waals surface area contributed by atoms with Gasteiger partial charge in [-0.25, -0.2) is 21.9 Å². The fourth-order valence-corrected chi connectivity index (χ4v) is 3.81. The Balaban J connectivity index is 2.13. The molecule has 0 radical (unpaired) electrons. The molecule has 0 bridgehead atoms. The molecule has 0 spiro atoms. The molecule has 1 aromatic carbocycles. The summed E-state index contributed by atoms with van der Waals surface area (Å²) in [5.41, 5.74) is 0. The molecule has 0 amide bonds. The molecule has 0 saturated carbocycles.